The van der Waals surface area contributed by atoms with Crippen LogP contribution in [0.5, 0.6) is 0 Å². The van der Waals surface area contributed by atoms with Crippen molar-refractivity contribution in [3.63, 3.8) is 0 Å². The Hall–Kier alpha value is -1.60. The molecule has 0 radical (unpaired) electrons. The van der Waals surface area contributed by atoms with Crippen LogP contribution in [0.1, 0.15) is 60.6 Å². The number of amides is 2. The highest BCUT2D eigenvalue weighted by Crippen LogP contribution is 2.41. The molecule has 1 saturated carbocycles. The molecular weight excluding hydrogens is 491 g/mol. The molecule has 0 spiro atoms. The van der Waals surface area contributed by atoms with Crippen LogP contribution in [0.3, 0.4) is 0 Å². The monoisotopic (exact) mass is 522 g/mol. The first-order valence-electron chi connectivity index (χ1n) is 12.1. The third-order valence-electron chi connectivity index (χ3n) is 6.91. The van der Waals surface area contributed by atoms with Crippen LogP contribution in [0.2, 0.25) is 10.0 Å². The van der Waals surface area contributed by atoms with Gasteiger partial charge in [-0.15, -0.1) is 11.3 Å². The molecule has 0 saturated heterocycles. The van der Waals surface area contributed by atoms with E-state index in [2.05, 4.69) is 11.4 Å². The maximum absolute atomic E-state index is 13.8. The summed E-state index contributed by atoms with van der Waals surface area (Å²) < 4.78 is 5.21. The Balaban J connectivity index is 1.58. The molecule has 2 aliphatic rings. The third kappa shape index (κ3) is 5.78. The van der Waals surface area contributed by atoms with Crippen molar-refractivity contribution in [1.29, 1.82) is 0 Å². The molecule has 2 amide bonds. The molecule has 2 aromatic rings. The average molecular weight is 524 g/mol. The molecule has 1 aliphatic heterocycles. The summed E-state index contributed by atoms with van der Waals surface area (Å²) in [4.78, 5) is 32.1. The predicted octanol–water partition coefficient (Wildman–Crippen LogP) is 5.97. The number of halogens is 2. The summed E-state index contributed by atoms with van der Waals surface area (Å²) in [6.45, 7) is 1.77. The first kappa shape index (κ1) is 25.5. The van der Waals surface area contributed by atoms with Gasteiger partial charge in [0.15, 0.2) is 0 Å². The number of thiophene rings is 1. The molecule has 0 bridgehead atoms. The molecule has 2 heterocycles. The average Bonchev–Trinajstić information content (AvgIpc) is 3.32. The topological polar surface area (TPSA) is 49.9 Å². The van der Waals surface area contributed by atoms with E-state index >= 15 is 0 Å². The number of hydrogen-bond donors (Lipinski definition) is 0. The lowest BCUT2D eigenvalue weighted by atomic mass is 9.88. The molecule has 34 heavy (non-hydrogen) atoms. The maximum Gasteiger partial charge on any atom is 0.242 e. The quantitative estimate of drug-likeness (QED) is 0.401. The largest absolute Gasteiger partial charge is 0.385 e. The summed E-state index contributed by atoms with van der Waals surface area (Å²) in [6, 6.07) is 7.25. The summed E-state index contributed by atoms with van der Waals surface area (Å²) in [6.07, 6.45) is 6.70. The van der Waals surface area contributed by atoms with Gasteiger partial charge in [0.1, 0.15) is 0 Å². The molecule has 1 aromatic heterocycles. The molecular formula is C26H32Cl2N2O3S. The Bertz CT molecular complexity index is 1010. The van der Waals surface area contributed by atoms with E-state index in [1.165, 1.54) is 11.3 Å². The smallest absolute Gasteiger partial charge is 0.242 e. The van der Waals surface area contributed by atoms with Crippen molar-refractivity contribution >= 4 is 46.4 Å². The number of nitrogens with zero attached hydrogens (tertiary/aromatic N) is 2. The minimum atomic E-state index is -0.280. The summed E-state index contributed by atoms with van der Waals surface area (Å²) >= 11 is 14.5. The third-order valence-corrected chi connectivity index (χ3v) is 8.47. The predicted molar refractivity (Wildman–Crippen MR) is 138 cm³/mol. The zero-order chi connectivity index (χ0) is 24.1. The van der Waals surface area contributed by atoms with Crippen LogP contribution >= 0.6 is 34.5 Å². The van der Waals surface area contributed by atoms with Crippen molar-refractivity contribution in [2.24, 2.45) is 5.92 Å². The lowest BCUT2D eigenvalue weighted by Crippen LogP contribution is -2.48. The Morgan fingerprint density at radius 2 is 1.94 bits per heavy atom. The van der Waals surface area contributed by atoms with Crippen molar-refractivity contribution < 1.29 is 14.3 Å². The molecule has 1 unspecified atom stereocenters. The number of rotatable bonds is 8. The molecule has 0 N–H and O–H groups in total. The molecule has 4 rings (SSSR count). The van der Waals surface area contributed by atoms with Gasteiger partial charge in [-0.3, -0.25) is 9.59 Å². The van der Waals surface area contributed by atoms with E-state index < -0.39 is 0 Å². The maximum atomic E-state index is 13.8. The van der Waals surface area contributed by atoms with Gasteiger partial charge in [-0.1, -0.05) is 48.5 Å². The number of carbonyl (C=O) groups excluding carboxylic acids is 2. The highest BCUT2D eigenvalue weighted by Gasteiger charge is 2.36. The van der Waals surface area contributed by atoms with E-state index in [9.17, 15) is 9.59 Å². The molecule has 184 valence electrons. The minimum Gasteiger partial charge on any atom is -0.385 e. The van der Waals surface area contributed by atoms with Gasteiger partial charge in [-0.05, 0) is 60.4 Å². The molecule has 5 nitrogen and oxygen atoms in total. The van der Waals surface area contributed by atoms with Gasteiger partial charge in [0.05, 0.1) is 12.6 Å². The van der Waals surface area contributed by atoms with E-state index in [0.717, 1.165) is 43.2 Å². The van der Waals surface area contributed by atoms with E-state index in [1.807, 2.05) is 17.0 Å². The summed E-state index contributed by atoms with van der Waals surface area (Å²) in [5.74, 6) is 0.0864. The normalized spacial score (nSPS) is 18.6. The Morgan fingerprint density at radius 3 is 2.68 bits per heavy atom. The van der Waals surface area contributed by atoms with Crippen molar-refractivity contribution in [2.45, 2.75) is 51.0 Å². The fourth-order valence-electron chi connectivity index (χ4n) is 5.17. The first-order valence-corrected chi connectivity index (χ1v) is 13.7. The van der Waals surface area contributed by atoms with Crippen LogP contribution < -0.4 is 0 Å². The van der Waals surface area contributed by atoms with E-state index in [4.69, 9.17) is 27.9 Å². The number of carbonyl (C=O) groups is 2. The zero-order valence-electron chi connectivity index (χ0n) is 19.6. The van der Waals surface area contributed by atoms with Gasteiger partial charge < -0.3 is 14.5 Å². The van der Waals surface area contributed by atoms with Gasteiger partial charge in [-0.25, -0.2) is 0 Å². The van der Waals surface area contributed by atoms with Crippen LogP contribution in [0.25, 0.3) is 0 Å². The number of methoxy groups -OCH3 is 1. The van der Waals surface area contributed by atoms with E-state index in [0.29, 0.717) is 36.2 Å². The SMILES string of the molecule is COCCCN(CC(=O)N1CCc2sccc2C1c1ccc(Cl)cc1Cl)C(=O)C1CCCCC1. The standard InChI is InChI=1S/C26H32Cl2N2O3S/c1-33-14-5-12-29(26(32)18-6-3-2-4-7-18)17-24(31)30-13-10-23-21(11-15-34-23)25(30)20-9-8-19(27)16-22(20)28/h8-9,11,15-16,18,25H,2-7,10,12-14,17H2,1H3. The number of ether oxygens (including phenoxy) is 1. The van der Waals surface area contributed by atoms with Gasteiger partial charge in [0.2, 0.25) is 11.8 Å². The minimum absolute atomic E-state index is 0.0235. The van der Waals surface area contributed by atoms with Crippen LogP contribution in [-0.2, 0) is 20.7 Å². The summed E-state index contributed by atoms with van der Waals surface area (Å²) in [5.41, 5.74) is 1.97. The first-order chi connectivity index (χ1) is 16.5. The number of hydrogen-bond acceptors (Lipinski definition) is 4. The van der Waals surface area contributed by atoms with Crippen LogP contribution in [-0.4, -0.2) is 55.0 Å². The summed E-state index contributed by atoms with van der Waals surface area (Å²) in [7, 11) is 1.66. The fraction of sp³-hybridized carbons (Fsp3) is 0.538. The van der Waals surface area contributed by atoms with Crippen molar-refractivity contribution in [2.75, 3.05) is 33.4 Å². The second-order valence-electron chi connectivity index (χ2n) is 9.15. The van der Waals surface area contributed by atoms with Gasteiger partial charge in [0.25, 0.3) is 0 Å². The van der Waals surface area contributed by atoms with Crippen molar-refractivity contribution in [3.8, 4) is 0 Å². The van der Waals surface area contributed by atoms with Crippen LogP contribution in [0.4, 0.5) is 0 Å². The Morgan fingerprint density at radius 1 is 1.15 bits per heavy atom. The van der Waals surface area contributed by atoms with E-state index in [-0.39, 0.29) is 30.3 Å². The second-order valence-corrected chi connectivity index (χ2v) is 11.0. The molecule has 8 heteroatoms. The molecule has 1 aromatic carbocycles. The summed E-state index contributed by atoms with van der Waals surface area (Å²) in [5, 5.41) is 3.18. The lowest BCUT2D eigenvalue weighted by molar-refractivity contribution is -0.144. The molecule has 1 fully saturated rings. The van der Waals surface area contributed by atoms with Gasteiger partial charge in [0, 0.05) is 47.6 Å². The van der Waals surface area contributed by atoms with Gasteiger partial charge >= 0.3 is 0 Å². The Kier molecular flexibility index (Phi) is 8.92. The highest BCUT2D eigenvalue weighted by atomic mass is 35.5. The van der Waals surface area contributed by atoms with E-state index in [1.54, 1.807) is 29.4 Å². The zero-order valence-corrected chi connectivity index (χ0v) is 21.9. The van der Waals surface area contributed by atoms with Crippen LogP contribution in [0.15, 0.2) is 29.6 Å². The Labute approximate surface area is 216 Å². The van der Waals surface area contributed by atoms with Crippen molar-refractivity contribution in [1.82, 2.24) is 9.80 Å². The van der Waals surface area contributed by atoms with Crippen molar-refractivity contribution in [3.05, 3.63) is 55.7 Å². The highest BCUT2D eigenvalue weighted by molar-refractivity contribution is 7.10. The van der Waals surface area contributed by atoms with Crippen LogP contribution in [0, 0.1) is 5.92 Å². The molecule has 1 atom stereocenters. The number of benzene rings is 1. The lowest BCUT2D eigenvalue weighted by Gasteiger charge is -2.38. The fourth-order valence-corrected chi connectivity index (χ4v) is 6.59. The number of fused-ring (bicyclic) bond motifs is 1. The van der Waals surface area contributed by atoms with Gasteiger partial charge in [-0.2, -0.15) is 0 Å². The molecule has 1 aliphatic carbocycles. The second kappa shape index (κ2) is 11.9.